The van der Waals surface area contributed by atoms with E-state index in [0.717, 1.165) is 25.0 Å². The van der Waals surface area contributed by atoms with Gasteiger partial charge in [0.25, 0.3) is 0 Å². The number of rotatable bonds is 3. The lowest BCUT2D eigenvalue weighted by Crippen LogP contribution is -2.38. The van der Waals surface area contributed by atoms with E-state index in [1.807, 2.05) is 0 Å². The summed E-state index contributed by atoms with van der Waals surface area (Å²) in [4.78, 5) is 12.6. The highest BCUT2D eigenvalue weighted by Gasteiger charge is 2.43. The van der Waals surface area contributed by atoms with Crippen molar-refractivity contribution in [3.8, 4) is 0 Å². The second-order valence-electron chi connectivity index (χ2n) is 3.97. The summed E-state index contributed by atoms with van der Waals surface area (Å²) in [6.07, 6.45) is 3.10. The lowest BCUT2D eigenvalue weighted by atomic mass is 10.1. The van der Waals surface area contributed by atoms with Crippen molar-refractivity contribution in [2.75, 3.05) is 19.6 Å². The molecule has 1 saturated heterocycles. The van der Waals surface area contributed by atoms with Crippen LogP contribution in [0.1, 0.15) is 19.3 Å². The summed E-state index contributed by atoms with van der Waals surface area (Å²) < 4.78 is 0. The predicted octanol–water partition coefficient (Wildman–Crippen LogP) is 0.738. The molecule has 4 heteroatoms. The van der Waals surface area contributed by atoms with Crippen molar-refractivity contribution in [3.05, 3.63) is 0 Å². The lowest BCUT2D eigenvalue weighted by molar-refractivity contribution is 0.185. The third-order valence-electron chi connectivity index (χ3n) is 3.05. The molecule has 13 heavy (non-hydrogen) atoms. The van der Waals surface area contributed by atoms with E-state index in [-0.39, 0.29) is 0 Å². The Bertz CT molecular complexity index is 208. The Kier molecular flexibility index (Phi) is 2.40. The Morgan fingerprint density at radius 3 is 3.23 bits per heavy atom. The van der Waals surface area contributed by atoms with Crippen LogP contribution in [0.5, 0.6) is 0 Å². The maximum atomic E-state index is 10.2. The van der Waals surface area contributed by atoms with E-state index < -0.39 is 6.09 Å². The van der Waals surface area contributed by atoms with Crippen molar-refractivity contribution >= 4 is 6.09 Å². The van der Waals surface area contributed by atoms with Gasteiger partial charge in [0.15, 0.2) is 0 Å². The van der Waals surface area contributed by atoms with Crippen LogP contribution in [0, 0.1) is 5.92 Å². The Labute approximate surface area is 77.9 Å². The van der Waals surface area contributed by atoms with Crippen LogP contribution in [0.15, 0.2) is 0 Å². The molecule has 1 saturated carbocycles. The lowest BCUT2D eigenvalue weighted by Gasteiger charge is -2.26. The molecule has 0 bridgehead atoms. The molecule has 2 aliphatic rings. The third-order valence-corrected chi connectivity index (χ3v) is 3.05. The topological polar surface area (TPSA) is 52.6 Å². The average Bonchev–Trinajstić information content (AvgIpc) is 2.82. The summed E-state index contributed by atoms with van der Waals surface area (Å²) >= 11 is 0. The van der Waals surface area contributed by atoms with Gasteiger partial charge < -0.3 is 10.4 Å². The molecule has 1 amide bonds. The maximum Gasteiger partial charge on any atom is 0.404 e. The van der Waals surface area contributed by atoms with Crippen molar-refractivity contribution in [3.63, 3.8) is 0 Å². The fraction of sp³-hybridized carbons (Fsp3) is 0.889. The molecule has 0 aromatic rings. The fourth-order valence-corrected chi connectivity index (χ4v) is 2.30. The number of nitrogens with zero attached hydrogens (tertiary/aromatic N) is 1. The average molecular weight is 184 g/mol. The van der Waals surface area contributed by atoms with Crippen LogP contribution in [0.3, 0.4) is 0 Å². The number of hydrogen-bond acceptors (Lipinski definition) is 2. The zero-order valence-corrected chi connectivity index (χ0v) is 7.70. The number of carboxylic acid groups (broad SMARTS) is 1. The summed E-state index contributed by atoms with van der Waals surface area (Å²) in [5.41, 5.74) is 0. The van der Waals surface area contributed by atoms with Gasteiger partial charge >= 0.3 is 6.09 Å². The molecule has 2 atom stereocenters. The van der Waals surface area contributed by atoms with E-state index in [4.69, 9.17) is 5.11 Å². The van der Waals surface area contributed by atoms with Crippen molar-refractivity contribution in [1.29, 1.82) is 0 Å². The van der Waals surface area contributed by atoms with Crippen LogP contribution in [0.25, 0.3) is 0 Å². The molecule has 1 aliphatic heterocycles. The second-order valence-corrected chi connectivity index (χ2v) is 3.97. The molecule has 2 rings (SSSR count). The first-order valence-electron chi connectivity index (χ1n) is 4.98. The molecular formula is C9H16N2O2. The number of fused-ring (bicyclic) bond motifs is 1. The van der Waals surface area contributed by atoms with Gasteiger partial charge in [-0.25, -0.2) is 4.79 Å². The molecule has 0 aromatic heterocycles. The van der Waals surface area contributed by atoms with Gasteiger partial charge in [0.2, 0.25) is 0 Å². The first-order valence-corrected chi connectivity index (χ1v) is 4.98. The summed E-state index contributed by atoms with van der Waals surface area (Å²) in [6.45, 7) is 2.61. The van der Waals surface area contributed by atoms with E-state index >= 15 is 0 Å². The molecule has 74 valence electrons. The molecule has 4 nitrogen and oxygen atoms in total. The number of hydrogen-bond donors (Lipinski definition) is 2. The predicted molar refractivity (Wildman–Crippen MR) is 48.7 cm³/mol. The normalized spacial score (nSPS) is 32.3. The van der Waals surface area contributed by atoms with Crippen LogP contribution in [0.4, 0.5) is 4.79 Å². The molecule has 1 aliphatic carbocycles. The van der Waals surface area contributed by atoms with Gasteiger partial charge in [0, 0.05) is 19.1 Å². The van der Waals surface area contributed by atoms with Crippen LogP contribution < -0.4 is 5.32 Å². The quantitative estimate of drug-likeness (QED) is 0.680. The van der Waals surface area contributed by atoms with Crippen LogP contribution >= 0.6 is 0 Å². The fourth-order valence-electron chi connectivity index (χ4n) is 2.30. The summed E-state index contributed by atoms with van der Waals surface area (Å²) in [7, 11) is 0. The minimum Gasteiger partial charge on any atom is -0.465 e. The maximum absolute atomic E-state index is 10.2. The molecule has 2 unspecified atom stereocenters. The van der Waals surface area contributed by atoms with Gasteiger partial charge in [-0.15, -0.1) is 0 Å². The zero-order chi connectivity index (χ0) is 9.26. The Balaban J connectivity index is 1.66. The highest BCUT2D eigenvalue weighted by atomic mass is 16.4. The van der Waals surface area contributed by atoms with Gasteiger partial charge in [-0.05, 0) is 31.7 Å². The Hall–Kier alpha value is -0.770. The molecule has 0 radical (unpaired) electrons. The van der Waals surface area contributed by atoms with Crippen molar-refractivity contribution < 1.29 is 9.90 Å². The monoisotopic (exact) mass is 184 g/mol. The van der Waals surface area contributed by atoms with E-state index in [2.05, 4.69) is 10.2 Å². The van der Waals surface area contributed by atoms with Gasteiger partial charge in [-0.2, -0.15) is 0 Å². The van der Waals surface area contributed by atoms with Gasteiger partial charge in [-0.3, -0.25) is 4.90 Å². The molecular weight excluding hydrogens is 168 g/mol. The Morgan fingerprint density at radius 1 is 1.62 bits per heavy atom. The molecule has 2 N–H and O–H groups in total. The van der Waals surface area contributed by atoms with Gasteiger partial charge in [0.1, 0.15) is 0 Å². The summed E-state index contributed by atoms with van der Waals surface area (Å²) in [6, 6.07) is 0.782. The van der Waals surface area contributed by atoms with Crippen molar-refractivity contribution in [2.24, 2.45) is 5.92 Å². The number of piperidine rings is 1. The summed E-state index contributed by atoms with van der Waals surface area (Å²) in [5, 5.41) is 10.8. The van der Waals surface area contributed by atoms with Crippen LogP contribution in [0.2, 0.25) is 0 Å². The van der Waals surface area contributed by atoms with Crippen molar-refractivity contribution in [1.82, 2.24) is 10.2 Å². The smallest absolute Gasteiger partial charge is 0.404 e. The molecule has 1 heterocycles. The van der Waals surface area contributed by atoms with Crippen molar-refractivity contribution in [2.45, 2.75) is 25.3 Å². The minimum atomic E-state index is -0.913. The van der Waals surface area contributed by atoms with Crippen LogP contribution in [-0.4, -0.2) is 41.8 Å². The highest BCUT2D eigenvalue weighted by Crippen LogP contribution is 2.42. The zero-order valence-electron chi connectivity index (χ0n) is 7.70. The van der Waals surface area contributed by atoms with Gasteiger partial charge in [-0.1, -0.05) is 0 Å². The molecule has 0 aromatic carbocycles. The van der Waals surface area contributed by atoms with Gasteiger partial charge in [0.05, 0.1) is 0 Å². The third kappa shape index (κ3) is 2.12. The van der Waals surface area contributed by atoms with E-state index in [1.54, 1.807) is 0 Å². The largest absolute Gasteiger partial charge is 0.465 e. The number of carbonyl (C=O) groups is 1. The SMILES string of the molecule is O=C(O)NCCN1CCCC2CC21. The standard InChI is InChI=1S/C9H16N2O2/c12-9(13)10-3-5-11-4-1-2-7-6-8(7)11/h7-8,10H,1-6H2,(H,12,13). The molecule has 2 fully saturated rings. The second kappa shape index (κ2) is 3.54. The van der Waals surface area contributed by atoms with E-state index in [9.17, 15) is 4.79 Å². The first kappa shape index (κ1) is 8.81. The van der Waals surface area contributed by atoms with Crippen LogP contribution in [-0.2, 0) is 0 Å². The number of nitrogens with one attached hydrogen (secondary N) is 1. The summed E-state index contributed by atoms with van der Waals surface area (Å²) in [5.74, 6) is 0.929. The van der Waals surface area contributed by atoms with E-state index in [0.29, 0.717) is 6.54 Å². The minimum absolute atomic E-state index is 0.568. The first-order chi connectivity index (χ1) is 6.27. The Morgan fingerprint density at radius 2 is 2.46 bits per heavy atom. The van der Waals surface area contributed by atoms with E-state index in [1.165, 1.54) is 19.3 Å². The number of amides is 1. The highest BCUT2D eigenvalue weighted by molar-refractivity contribution is 5.64. The number of likely N-dealkylation sites (tertiary alicyclic amines) is 1. The molecule has 0 spiro atoms.